The number of thiophene rings is 1. The molecular weight excluding hydrogens is 318 g/mol. The fourth-order valence-corrected chi connectivity index (χ4v) is 4.04. The Morgan fingerprint density at radius 2 is 2.04 bits per heavy atom. The van der Waals surface area contributed by atoms with Crippen LogP contribution in [0.5, 0.6) is 0 Å². The molecule has 24 heavy (non-hydrogen) atoms. The number of nitrogens with two attached hydrogens (primary N) is 1. The zero-order valence-corrected chi connectivity index (χ0v) is 14.5. The van der Waals surface area contributed by atoms with Crippen LogP contribution in [0.4, 0.5) is 0 Å². The molecule has 0 aliphatic carbocycles. The molecule has 0 amide bonds. The van der Waals surface area contributed by atoms with Gasteiger partial charge in [-0.2, -0.15) is 0 Å². The van der Waals surface area contributed by atoms with Crippen LogP contribution in [0.15, 0.2) is 52.3 Å². The lowest BCUT2D eigenvalue weighted by Gasteiger charge is -2.15. The van der Waals surface area contributed by atoms with Gasteiger partial charge in [0.25, 0.3) is 0 Å². The van der Waals surface area contributed by atoms with Gasteiger partial charge < -0.3 is 10.2 Å². The van der Waals surface area contributed by atoms with Gasteiger partial charge in [0, 0.05) is 31.6 Å². The van der Waals surface area contributed by atoms with E-state index in [2.05, 4.69) is 29.2 Å². The lowest BCUT2D eigenvalue weighted by molar-refractivity contribution is 0.318. The van der Waals surface area contributed by atoms with Crippen LogP contribution in [-0.2, 0) is 6.54 Å². The number of hydrogen-bond acceptors (Lipinski definition) is 5. The monoisotopic (exact) mass is 339 g/mol. The van der Waals surface area contributed by atoms with Crippen molar-refractivity contribution in [3.05, 3.63) is 64.9 Å². The average molecular weight is 339 g/mol. The van der Waals surface area contributed by atoms with E-state index in [-0.39, 0.29) is 6.04 Å². The van der Waals surface area contributed by atoms with Crippen LogP contribution in [0.1, 0.15) is 22.9 Å². The van der Waals surface area contributed by atoms with E-state index in [0.717, 1.165) is 41.9 Å². The highest BCUT2D eigenvalue weighted by Gasteiger charge is 2.31. The summed E-state index contributed by atoms with van der Waals surface area (Å²) >= 11 is 1.65. The molecule has 5 heteroatoms. The molecule has 2 aromatic heterocycles. The Labute approximate surface area is 145 Å². The van der Waals surface area contributed by atoms with E-state index in [9.17, 15) is 0 Å². The molecule has 1 aliphatic rings. The maximum absolute atomic E-state index is 6.39. The molecule has 3 aromatic rings. The summed E-state index contributed by atoms with van der Waals surface area (Å²) in [5.41, 5.74) is 8.73. The van der Waals surface area contributed by atoms with Gasteiger partial charge in [0.05, 0.1) is 10.6 Å². The van der Waals surface area contributed by atoms with E-state index >= 15 is 0 Å². The van der Waals surface area contributed by atoms with Crippen molar-refractivity contribution >= 4 is 11.3 Å². The number of rotatable bonds is 4. The van der Waals surface area contributed by atoms with Gasteiger partial charge in [-0.3, -0.25) is 4.90 Å². The Morgan fingerprint density at radius 3 is 2.79 bits per heavy atom. The third-order valence-corrected chi connectivity index (χ3v) is 5.52. The summed E-state index contributed by atoms with van der Waals surface area (Å²) < 4.78 is 5.85. The van der Waals surface area contributed by atoms with Crippen LogP contribution in [0.25, 0.3) is 10.8 Å². The van der Waals surface area contributed by atoms with Crippen molar-refractivity contribution in [1.29, 1.82) is 0 Å². The molecule has 2 atom stereocenters. The smallest absolute Gasteiger partial charge is 0.236 e. The third-order valence-electron chi connectivity index (χ3n) is 4.67. The number of oxazole rings is 1. The predicted octanol–water partition coefficient (Wildman–Crippen LogP) is 3.64. The van der Waals surface area contributed by atoms with Gasteiger partial charge >= 0.3 is 0 Å². The molecule has 0 unspecified atom stereocenters. The second kappa shape index (κ2) is 6.51. The largest absolute Gasteiger partial charge is 0.440 e. The Hall–Kier alpha value is -1.95. The highest BCUT2D eigenvalue weighted by atomic mass is 32.1. The molecular formula is C19H21N3OS. The summed E-state index contributed by atoms with van der Waals surface area (Å²) in [6.45, 7) is 4.63. The first-order chi connectivity index (χ1) is 11.7. The molecule has 0 radical (unpaired) electrons. The Morgan fingerprint density at radius 1 is 1.21 bits per heavy atom. The molecule has 4 rings (SSSR count). The summed E-state index contributed by atoms with van der Waals surface area (Å²) in [6.07, 6.45) is 0. The lowest BCUT2D eigenvalue weighted by Crippen LogP contribution is -2.28. The maximum atomic E-state index is 6.39. The Bertz CT molecular complexity index is 797. The van der Waals surface area contributed by atoms with Crippen LogP contribution >= 0.6 is 11.3 Å². The van der Waals surface area contributed by atoms with Crippen molar-refractivity contribution in [3.8, 4) is 10.8 Å². The van der Waals surface area contributed by atoms with Gasteiger partial charge in [-0.15, -0.1) is 11.3 Å². The molecule has 1 fully saturated rings. The summed E-state index contributed by atoms with van der Waals surface area (Å²) in [7, 11) is 0. The first kappa shape index (κ1) is 15.6. The predicted molar refractivity (Wildman–Crippen MR) is 97.0 cm³/mol. The number of aryl methyl sites for hydroxylation is 1. The number of likely N-dealkylation sites (tertiary alicyclic amines) is 1. The first-order valence-corrected chi connectivity index (χ1v) is 9.12. The van der Waals surface area contributed by atoms with E-state index in [1.807, 2.05) is 30.5 Å². The fraction of sp³-hybridized carbons (Fsp3) is 0.316. The Kier molecular flexibility index (Phi) is 4.22. The molecule has 0 saturated carbocycles. The van der Waals surface area contributed by atoms with E-state index in [1.54, 1.807) is 11.3 Å². The summed E-state index contributed by atoms with van der Waals surface area (Å²) in [4.78, 5) is 8.15. The highest BCUT2D eigenvalue weighted by Crippen LogP contribution is 2.30. The standard InChI is InChI=1S/C19H21N3OS/c1-13-17(21-19(23-13)18-8-5-9-24-18)12-22-10-15(16(20)11-22)14-6-3-2-4-7-14/h2-9,15-16H,10-12,20H2,1H3/t15-,16+/m0/s1. The SMILES string of the molecule is Cc1oc(-c2cccs2)nc1CN1C[C@@H](N)[C@H](c2ccccc2)C1. The molecule has 4 nitrogen and oxygen atoms in total. The number of nitrogens with zero attached hydrogens (tertiary/aromatic N) is 2. The lowest BCUT2D eigenvalue weighted by atomic mass is 9.95. The Balaban J connectivity index is 1.49. The summed E-state index contributed by atoms with van der Waals surface area (Å²) in [5.74, 6) is 2.01. The molecule has 1 aliphatic heterocycles. The van der Waals surface area contributed by atoms with Gasteiger partial charge in [0.1, 0.15) is 5.76 Å². The number of hydrogen-bond donors (Lipinski definition) is 1. The number of benzene rings is 1. The van der Waals surface area contributed by atoms with Crippen molar-refractivity contribution in [2.75, 3.05) is 13.1 Å². The van der Waals surface area contributed by atoms with E-state index in [4.69, 9.17) is 15.1 Å². The van der Waals surface area contributed by atoms with E-state index in [1.165, 1.54) is 5.56 Å². The minimum absolute atomic E-state index is 0.163. The topological polar surface area (TPSA) is 55.3 Å². The van der Waals surface area contributed by atoms with Gasteiger partial charge in [-0.1, -0.05) is 36.4 Å². The molecule has 124 valence electrons. The fourth-order valence-electron chi connectivity index (χ4n) is 3.39. The molecule has 3 heterocycles. The zero-order valence-electron chi connectivity index (χ0n) is 13.7. The molecule has 1 saturated heterocycles. The highest BCUT2D eigenvalue weighted by molar-refractivity contribution is 7.13. The van der Waals surface area contributed by atoms with Crippen LogP contribution in [-0.4, -0.2) is 29.0 Å². The van der Waals surface area contributed by atoms with Crippen molar-refractivity contribution in [2.45, 2.75) is 25.4 Å². The summed E-state index contributed by atoms with van der Waals surface area (Å²) in [5, 5.41) is 2.04. The van der Waals surface area contributed by atoms with Crippen LogP contribution < -0.4 is 5.73 Å². The molecule has 2 N–H and O–H groups in total. The number of aromatic nitrogens is 1. The zero-order chi connectivity index (χ0) is 16.5. The van der Waals surface area contributed by atoms with Gasteiger partial charge in [0.2, 0.25) is 5.89 Å². The van der Waals surface area contributed by atoms with Crippen molar-refractivity contribution in [1.82, 2.24) is 9.88 Å². The van der Waals surface area contributed by atoms with Crippen LogP contribution in [0, 0.1) is 6.92 Å². The quantitative estimate of drug-likeness (QED) is 0.788. The second-order valence-corrected chi connectivity index (χ2v) is 7.32. The molecule has 0 spiro atoms. The van der Waals surface area contributed by atoms with Crippen molar-refractivity contribution in [2.24, 2.45) is 5.73 Å². The first-order valence-electron chi connectivity index (χ1n) is 8.24. The van der Waals surface area contributed by atoms with Crippen LogP contribution in [0.3, 0.4) is 0 Å². The van der Waals surface area contributed by atoms with Gasteiger partial charge in [-0.05, 0) is 23.9 Å². The van der Waals surface area contributed by atoms with Gasteiger partial charge in [0.15, 0.2) is 0 Å². The van der Waals surface area contributed by atoms with Crippen molar-refractivity contribution < 1.29 is 4.42 Å². The van der Waals surface area contributed by atoms with E-state index < -0.39 is 0 Å². The minimum atomic E-state index is 0.163. The molecule has 0 bridgehead atoms. The van der Waals surface area contributed by atoms with E-state index in [0.29, 0.717) is 5.92 Å². The van der Waals surface area contributed by atoms with Crippen molar-refractivity contribution in [3.63, 3.8) is 0 Å². The minimum Gasteiger partial charge on any atom is -0.440 e. The second-order valence-electron chi connectivity index (χ2n) is 6.37. The van der Waals surface area contributed by atoms with Gasteiger partial charge in [-0.25, -0.2) is 4.98 Å². The maximum Gasteiger partial charge on any atom is 0.236 e. The summed E-state index contributed by atoms with van der Waals surface area (Å²) in [6, 6.07) is 14.8. The third kappa shape index (κ3) is 3.02. The average Bonchev–Trinajstić information content (AvgIpc) is 3.30. The normalized spacial score (nSPS) is 21.4. The molecule has 1 aromatic carbocycles. The van der Waals surface area contributed by atoms with Crippen LogP contribution in [0.2, 0.25) is 0 Å².